The summed E-state index contributed by atoms with van der Waals surface area (Å²) in [5, 5.41) is 11.2. The number of aromatic nitrogens is 4. The van der Waals surface area contributed by atoms with Gasteiger partial charge in [-0.15, -0.1) is 0 Å². The number of benzene rings is 1. The van der Waals surface area contributed by atoms with E-state index in [9.17, 15) is 4.79 Å². The first kappa shape index (κ1) is 24.2. The summed E-state index contributed by atoms with van der Waals surface area (Å²) >= 11 is 1.53. The number of hydrogen-bond acceptors (Lipinski definition) is 8. The third-order valence-corrected chi connectivity index (χ3v) is 6.69. The minimum Gasteiger partial charge on any atom is -0.354 e. The van der Waals surface area contributed by atoms with Gasteiger partial charge in [-0.1, -0.05) is 26.0 Å². The monoisotopic (exact) mass is 479 g/mol. The lowest BCUT2D eigenvalue weighted by molar-refractivity contribution is -0.118. The minimum absolute atomic E-state index is 0.250. The third-order valence-electron chi connectivity index (χ3n) is 5.82. The van der Waals surface area contributed by atoms with Gasteiger partial charge in [0.05, 0.1) is 0 Å². The smallest absolute Gasteiger partial charge is 0.196 e. The number of Topliss-reactive ketones (excluding diaryl/α,β-unsaturated/α-hetero) is 1. The van der Waals surface area contributed by atoms with E-state index < -0.39 is 0 Å². The molecule has 34 heavy (non-hydrogen) atoms. The van der Waals surface area contributed by atoms with Crippen LogP contribution in [0.25, 0.3) is 0 Å². The predicted octanol–water partition coefficient (Wildman–Crippen LogP) is 4.46. The summed E-state index contributed by atoms with van der Waals surface area (Å²) in [7, 11) is 0. The van der Waals surface area contributed by atoms with Gasteiger partial charge in [-0.3, -0.25) is 14.8 Å². The van der Waals surface area contributed by atoms with Crippen molar-refractivity contribution < 1.29 is 4.79 Å². The Morgan fingerprint density at radius 3 is 2.47 bits per heavy atom. The molecule has 4 rings (SSSR count). The van der Waals surface area contributed by atoms with Crippen LogP contribution in [0, 0.1) is 6.92 Å². The molecule has 0 bridgehead atoms. The summed E-state index contributed by atoms with van der Waals surface area (Å²) in [6.45, 7) is 11.2. The van der Waals surface area contributed by atoms with E-state index in [2.05, 4.69) is 32.2 Å². The molecule has 8 nitrogen and oxygen atoms in total. The number of aryl methyl sites for hydroxylation is 1. The van der Waals surface area contributed by atoms with Crippen molar-refractivity contribution in [3.8, 4) is 0 Å². The standard InChI is InChI=1S/C25H33N7OS/c1-4-10-31-11-13-32(14-12-31)24-17-22(26-23-15-18(3)29-30-23)27-25(28-24)34-21-8-6-19(7-9-21)16-20(33)5-2/h6-9,15,17H,4-5,10-14,16H2,1-3H3,(H2,26,27,28,29,30). The number of anilines is 3. The molecule has 3 heterocycles. The van der Waals surface area contributed by atoms with Crippen molar-refractivity contribution in [3.63, 3.8) is 0 Å². The number of rotatable bonds is 10. The summed E-state index contributed by atoms with van der Waals surface area (Å²) in [5.41, 5.74) is 2.02. The van der Waals surface area contributed by atoms with E-state index in [1.165, 1.54) is 18.2 Å². The molecule has 1 aliphatic rings. The fourth-order valence-electron chi connectivity index (χ4n) is 3.95. The highest BCUT2D eigenvalue weighted by Gasteiger charge is 2.19. The Balaban J connectivity index is 1.53. The van der Waals surface area contributed by atoms with Gasteiger partial charge < -0.3 is 10.2 Å². The Kier molecular flexibility index (Phi) is 8.18. The first-order chi connectivity index (χ1) is 16.5. The fourth-order valence-corrected chi connectivity index (χ4v) is 4.71. The van der Waals surface area contributed by atoms with Gasteiger partial charge in [0.25, 0.3) is 0 Å². The molecule has 180 valence electrons. The zero-order valence-corrected chi connectivity index (χ0v) is 21.0. The van der Waals surface area contributed by atoms with Crippen LogP contribution in [0.3, 0.4) is 0 Å². The molecule has 9 heteroatoms. The molecule has 1 fully saturated rings. The number of nitrogens with zero attached hydrogens (tertiary/aromatic N) is 5. The Morgan fingerprint density at radius 1 is 1.06 bits per heavy atom. The number of piperazine rings is 1. The highest BCUT2D eigenvalue weighted by molar-refractivity contribution is 7.99. The van der Waals surface area contributed by atoms with E-state index in [1.54, 1.807) is 0 Å². The maximum absolute atomic E-state index is 11.7. The van der Waals surface area contributed by atoms with Crippen LogP contribution in [-0.2, 0) is 11.2 Å². The topological polar surface area (TPSA) is 90.0 Å². The van der Waals surface area contributed by atoms with E-state index in [0.717, 1.165) is 66.3 Å². The molecule has 2 N–H and O–H groups in total. The normalized spacial score (nSPS) is 14.4. The fraction of sp³-hybridized carbons (Fsp3) is 0.440. The molecule has 0 atom stereocenters. The average Bonchev–Trinajstić information content (AvgIpc) is 3.25. The van der Waals surface area contributed by atoms with Crippen molar-refractivity contribution in [3.05, 3.63) is 47.7 Å². The van der Waals surface area contributed by atoms with Crippen molar-refractivity contribution in [2.24, 2.45) is 0 Å². The Hall–Kier alpha value is -2.91. The molecule has 1 saturated heterocycles. The summed E-state index contributed by atoms with van der Waals surface area (Å²) in [6.07, 6.45) is 2.22. The van der Waals surface area contributed by atoms with Gasteiger partial charge in [0.2, 0.25) is 0 Å². The molecule has 3 aromatic rings. The van der Waals surface area contributed by atoms with Gasteiger partial charge in [-0.2, -0.15) is 5.10 Å². The first-order valence-electron chi connectivity index (χ1n) is 12.0. The van der Waals surface area contributed by atoms with Gasteiger partial charge in [0.1, 0.15) is 17.4 Å². The quantitative estimate of drug-likeness (QED) is 0.412. The van der Waals surface area contributed by atoms with Crippen molar-refractivity contribution in [1.82, 2.24) is 25.1 Å². The van der Waals surface area contributed by atoms with Gasteiger partial charge in [-0.05, 0) is 49.3 Å². The first-order valence-corrected chi connectivity index (χ1v) is 12.8. The number of carbonyl (C=O) groups is 1. The molecule has 0 aliphatic carbocycles. The maximum Gasteiger partial charge on any atom is 0.196 e. The van der Waals surface area contributed by atoms with Crippen LogP contribution < -0.4 is 10.2 Å². The Labute approximate surface area is 205 Å². The number of carbonyl (C=O) groups excluding carboxylic acids is 1. The van der Waals surface area contributed by atoms with Crippen LogP contribution in [0.2, 0.25) is 0 Å². The summed E-state index contributed by atoms with van der Waals surface area (Å²) < 4.78 is 0. The number of nitrogens with one attached hydrogen (secondary N) is 2. The van der Waals surface area contributed by atoms with Crippen molar-refractivity contribution in [2.45, 2.75) is 50.1 Å². The van der Waals surface area contributed by atoms with Crippen molar-refractivity contribution in [2.75, 3.05) is 42.9 Å². The third kappa shape index (κ3) is 6.57. The van der Waals surface area contributed by atoms with E-state index in [4.69, 9.17) is 9.97 Å². The second-order valence-corrected chi connectivity index (χ2v) is 9.64. The highest BCUT2D eigenvalue weighted by atomic mass is 32.2. The van der Waals surface area contributed by atoms with E-state index in [-0.39, 0.29) is 5.78 Å². The number of ketones is 1. The van der Waals surface area contributed by atoms with Crippen LogP contribution in [0.1, 0.15) is 37.9 Å². The molecule has 1 aromatic carbocycles. The minimum atomic E-state index is 0.250. The second kappa shape index (κ2) is 11.5. The predicted molar refractivity (Wildman–Crippen MR) is 137 cm³/mol. The van der Waals surface area contributed by atoms with Crippen LogP contribution in [0.15, 0.2) is 46.5 Å². The molecule has 0 amide bonds. The Bertz CT molecular complexity index is 1090. The summed E-state index contributed by atoms with van der Waals surface area (Å²) in [6, 6.07) is 12.0. The van der Waals surface area contributed by atoms with Crippen LogP contribution >= 0.6 is 11.8 Å². The van der Waals surface area contributed by atoms with Gasteiger partial charge in [0, 0.05) is 61.7 Å². The van der Waals surface area contributed by atoms with Crippen LogP contribution in [0.4, 0.5) is 17.5 Å². The number of H-pyrrole nitrogens is 1. The van der Waals surface area contributed by atoms with Crippen molar-refractivity contribution in [1.29, 1.82) is 0 Å². The lowest BCUT2D eigenvalue weighted by atomic mass is 10.1. The Morgan fingerprint density at radius 2 is 1.82 bits per heavy atom. The molecule has 0 unspecified atom stereocenters. The summed E-state index contributed by atoms with van der Waals surface area (Å²) in [5.74, 6) is 2.63. The molecule has 0 spiro atoms. The molecular formula is C25H33N7OS. The lowest BCUT2D eigenvalue weighted by Gasteiger charge is -2.35. The lowest BCUT2D eigenvalue weighted by Crippen LogP contribution is -2.46. The molecule has 2 aromatic heterocycles. The highest BCUT2D eigenvalue weighted by Crippen LogP contribution is 2.29. The zero-order valence-electron chi connectivity index (χ0n) is 20.2. The number of aromatic amines is 1. The SMILES string of the molecule is CCCN1CCN(c2cc(Nc3cc(C)[nH]n3)nc(Sc3ccc(CC(=O)CC)cc3)n2)CC1. The average molecular weight is 480 g/mol. The number of hydrogen-bond donors (Lipinski definition) is 2. The van der Waals surface area contributed by atoms with Gasteiger partial charge in [0.15, 0.2) is 11.0 Å². The largest absolute Gasteiger partial charge is 0.354 e. The maximum atomic E-state index is 11.7. The molecular weight excluding hydrogens is 446 g/mol. The molecule has 1 aliphatic heterocycles. The zero-order chi connectivity index (χ0) is 23.9. The van der Waals surface area contributed by atoms with Crippen LogP contribution in [-0.4, -0.2) is 63.6 Å². The van der Waals surface area contributed by atoms with Gasteiger partial charge in [-0.25, -0.2) is 9.97 Å². The van der Waals surface area contributed by atoms with E-state index in [1.807, 2.05) is 50.2 Å². The summed E-state index contributed by atoms with van der Waals surface area (Å²) in [4.78, 5) is 27.3. The van der Waals surface area contributed by atoms with Crippen LogP contribution in [0.5, 0.6) is 0 Å². The second-order valence-electron chi connectivity index (χ2n) is 8.60. The van der Waals surface area contributed by atoms with E-state index in [0.29, 0.717) is 18.0 Å². The van der Waals surface area contributed by atoms with E-state index >= 15 is 0 Å². The molecule has 0 radical (unpaired) electrons. The van der Waals surface area contributed by atoms with Crippen molar-refractivity contribution >= 4 is 35.0 Å². The molecule has 0 saturated carbocycles. The van der Waals surface area contributed by atoms with Gasteiger partial charge >= 0.3 is 0 Å².